The minimum Gasteiger partial charge on any atom is -0.264 e. The lowest BCUT2D eigenvalue weighted by atomic mass is 9.67. The molecule has 1 aliphatic carbocycles. The molecule has 0 bridgehead atoms. The summed E-state index contributed by atoms with van der Waals surface area (Å²) in [5, 5.41) is 2.31. The van der Waals surface area contributed by atoms with Gasteiger partial charge in [-0.2, -0.15) is 0 Å². The van der Waals surface area contributed by atoms with E-state index in [-0.39, 0.29) is 0 Å². The van der Waals surface area contributed by atoms with Gasteiger partial charge in [-0.15, -0.1) is 0 Å². The van der Waals surface area contributed by atoms with Crippen LogP contribution >= 0.6 is 0 Å². The average Bonchev–Trinajstić information content (AvgIpc) is 3.70. The summed E-state index contributed by atoms with van der Waals surface area (Å²) in [5.41, 5.74) is 19.0. The van der Waals surface area contributed by atoms with E-state index in [2.05, 4.69) is 217 Å². The van der Waals surface area contributed by atoms with Crippen LogP contribution in [0.25, 0.3) is 89.2 Å². The molecule has 2 aromatic heterocycles. The molecule has 12 rings (SSSR count). The molecule has 2 heterocycles. The minimum absolute atomic E-state index is 0.442. The Morgan fingerprint density at radius 1 is 0.292 bits per heavy atom. The number of rotatable bonds is 8. The van der Waals surface area contributed by atoms with Gasteiger partial charge >= 0.3 is 0 Å². The fraction of sp³-hybridized carbons (Fsp3) is 0.0161. The van der Waals surface area contributed by atoms with E-state index < -0.39 is 5.41 Å². The molecular weight excluding hydrogens is 787 g/mol. The van der Waals surface area contributed by atoms with Crippen molar-refractivity contribution in [1.29, 1.82) is 0 Å². The maximum atomic E-state index is 5.23. The highest BCUT2D eigenvalue weighted by Crippen LogP contribution is 2.56. The second kappa shape index (κ2) is 16.0. The molecule has 9 aromatic carbocycles. The maximum Gasteiger partial charge on any atom is 0.160 e. The molecule has 3 heteroatoms. The Morgan fingerprint density at radius 2 is 0.800 bits per heavy atom. The van der Waals surface area contributed by atoms with E-state index in [0.717, 1.165) is 50.2 Å². The SMILES string of the molecule is c1ccc(-c2nc(-c3ccc(-c4cccnc4)cc3)cc(-c3ccc(-c4ccc(-c5ccc6c(c5)C(c5ccccc5)(c5ccccc5)c5ccccc5-6)cc4)c4ccccc34)n2)cc1. The molecule has 0 aliphatic heterocycles. The van der Waals surface area contributed by atoms with Gasteiger partial charge in [0.2, 0.25) is 0 Å². The number of pyridine rings is 1. The molecule has 65 heavy (non-hydrogen) atoms. The van der Waals surface area contributed by atoms with E-state index in [1.54, 1.807) is 6.20 Å². The van der Waals surface area contributed by atoms with Gasteiger partial charge in [-0.1, -0.05) is 218 Å². The summed E-state index contributed by atoms with van der Waals surface area (Å²) in [4.78, 5) is 14.7. The molecule has 0 saturated heterocycles. The first-order valence-corrected chi connectivity index (χ1v) is 22.2. The Labute approximate surface area is 379 Å². The summed E-state index contributed by atoms with van der Waals surface area (Å²) < 4.78 is 0. The van der Waals surface area contributed by atoms with Crippen molar-refractivity contribution in [2.75, 3.05) is 0 Å². The molecule has 11 aromatic rings. The van der Waals surface area contributed by atoms with E-state index in [1.807, 2.05) is 30.5 Å². The van der Waals surface area contributed by atoms with Gasteiger partial charge in [-0.05, 0) is 95.7 Å². The van der Waals surface area contributed by atoms with Gasteiger partial charge in [0.25, 0.3) is 0 Å². The van der Waals surface area contributed by atoms with Gasteiger partial charge < -0.3 is 0 Å². The van der Waals surface area contributed by atoms with Gasteiger partial charge in [-0.3, -0.25) is 4.98 Å². The Kier molecular flexibility index (Phi) is 9.39. The Morgan fingerprint density at radius 3 is 1.49 bits per heavy atom. The lowest BCUT2D eigenvalue weighted by Gasteiger charge is -2.34. The van der Waals surface area contributed by atoms with Gasteiger partial charge in [-0.25, -0.2) is 9.97 Å². The van der Waals surface area contributed by atoms with Crippen LogP contribution in [0.3, 0.4) is 0 Å². The quantitative estimate of drug-likeness (QED) is 0.153. The van der Waals surface area contributed by atoms with E-state index in [4.69, 9.17) is 9.97 Å². The summed E-state index contributed by atoms with van der Waals surface area (Å²) in [6.45, 7) is 0. The van der Waals surface area contributed by atoms with Crippen LogP contribution in [0.4, 0.5) is 0 Å². The smallest absolute Gasteiger partial charge is 0.160 e. The predicted molar refractivity (Wildman–Crippen MR) is 267 cm³/mol. The Balaban J connectivity index is 0.933. The maximum absolute atomic E-state index is 5.23. The predicted octanol–water partition coefficient (Wildman–Crippen LogP) is 15.4. The van der Waals surface area contributed by atoms with Crippen LogP contribution < -0.4 is 0 Å². The van der Waals surface area contributed by atoms with Gasteiger partial charge in [0.15, 0.2) is 5.82 Å². The molecule has 0 fully saturated rings. The summed E-state index contributed by atoms with van der Waals surface area (Å²) in [5.74, 6) is 0.693. The molecule has 0 amide bonds. The standard InChI is InChI=1S/C62H41N3/c1-4-15-46(16-5-1)61-64-59(45-32-28-43(29-33-45)48-17-14-38-63-41-48)40-60(65-61)56-37-36-51(52-22-10-11-23-53(52)56)44-30-26-42(27-31-44)47-34-35-55-54-24-12-13-25-57(54)62(58(55)39-47,49-18-6-2-7-19-49)50-20-8-3-9-21-50/h1-41H. The number of hydrogen-bond acceptors (Lipinski definition) is 3. The first kappa shape index (κ1) is 38.2. The molecular formula is C62H41N3. The van der Waals surface area contributed by atoms with Crippen LogP contribution in [0.1, 0.15) is 22.3 Å². The largest absolute Gasteiger partial charge is 0.264 e. The number of benzene rings is 9. The van der Waals surface area contributed by atoms with E-state index in [0.29, 0.717) is 5.82 Å². The fourth-order valence-electron chi connectivity index (χ4n) is 10.1. The number of nitrogens with zero attached hydrogens (tertiary/aromatic N) is 3. The van der Waals surface area contributed by atoms with Crippen LogP contribution in [0.5, 0.6) is 0 Å². The second-order valence-corrected chi connectivity index (χ2v) is 16.7. The zero-order chi connectivity index (χ0) is 43.2. The van der Waals surface area contributed by atoms with Crippen LogP contribution in [-0.4, -0.2) is 15.0 Å². The van der Waals surface area contributed by atoms with E-state index in [9.17, 15) is 0 Å². The minimum atomic E-state index is -0.442. The molecule has 0 N–H and O–H groups in total. The zero-order valence-electron chi connectivity index (χ0n) is 35.5. The zero-order valence-corrected chi connectivity index (χ0v) is 35.5. The summed E-state index contributed by atoms with van der Waals surface area (Å²) in [7, 11) is 0. The number of hydrogen-bond donors (Lipinski definition) is 0. The second-order valence-electron chi connectivity index (χ2n) is 16.7. The molecule has 3 nitrogen and oxygen atoms in total. The average molecular weight is 828 g/mol. The third-order valence-electron chi connectivity index (χ3n) is 13.1. The molecule has 0 spiro atoms. The summed E-state index contributed by atoms with van der Waals surface area (Å²) in [6.07, 6.45) is 3.69. The third-order valence-corrected chi connectivity index (χ3v) is 13.1. The normalized spacial score (nSPS) is 12.4. The highest BCUT2D eigenvalue weighted by Gasteiger charge is 2.46. The van der Waals surface area contributed by atoms with Gasteiger partial charge in [0.1, 0.15) is 0 Å². The molecule has 304 valence electrons. The Bertz CT molecular complexity index is 3450. The third kappa shape index (κ3) is 6.56. The van der Waals surface area contributed by atoms with Crippen LogP contribution in [-0.2, 0) is 5.41 Å². The van der Waals surface area contributed by atoms with Crippen LogP contribution in [0.15, 0.2) is 249 Å². The van der Waals surface area contributed by atoms with Crippen molar-refractivity contribution in [3.8, 4) is 78.4 Å². The Hall–Kier alpha value is -8.53. The molecule has 1 aliphatic rings. The van der Waals surface area contributed by atoms with Crippen LogP contribution in [0.2, 0.25) is 0 Å². The van der Waals surface area contributed by atoms with Crippen molar-refractivity contribution in [2.45, 2.75) is 5.41 Å². The van der Waals surface area contributed by atoms with E-state index in [1.165, 1.54) is 55.5 Å². The molecule has 0 saturated carbocycles. The van der Waals surface area contributed by atoms with Crippen molar-refractivity contribution < 1.29 is 0 Å². The van der Waals surface area contributed by atoms with Crippen LogP contribution in [0, 0.1) is 0 Å². The highest BCUT2D eigenvalue weighted by molar-refractivity contribution is 6.05. The van der Waals surface area contributed by atoms with Crippen molar-refractivity contribution >= 4 is 10.8 Å². The lowest BCUT2D eigenvalue weighted by Crippen LogP contribution is -2.28. The fourth-order valence-corrected chi connectivity index (χ4v) is 10.1. The van der Waals surface area contributed by atoms with Gasteiger partial charge in [0, 0.05) is 29.1 Å². The highest BCUT2D eigenvalue weighted by atomic mass is 14.9. The topological polar surface area (TPSA) is 38.7 Å². The molecule has 0 atom stereocenters. The number of aromatic nitrogens is 3. The number of fused-ring (bicyclic) bond motifs is 4. The van der Waals surface area contributed by atoms with Gasteiger partial charge in [0.05, 0.1) is 16.8 Å². The lowest BCUT2D eigenvalue weighted by molar-refractivity contribution is 0.769. The molecule has 0 unspecified atom stereocenters. The van der Waals surface area contributed by atoms with Crippen molar-refractivity contribution in [3.05, 3.63) is 271 Å². The molecule has 0 radical (unpaired) electrons. The monoisotopic (exact) mass is 827 g/mol. The van der Waals surface area contributed by atoms with Crippen molar-refractivity contribution in [1.82, 2.24) is 15.0 Å². The first-order chi connectivity index (χ1) is 32.2. The van der Waals surface area contributed by atoms with E-state index >= 15 is 0 Å². The van der Waals surface area contributed by atoms with Crippen molar-refractivity contribution in [2.24, 2.45) is 0 Å². The van der Waals surface area contributed by atoms with Crippen molar-refractivity contribution in [3.63, 3.8) is 0 Å². The summed E-state index contributed by atoms with van der Waals surface area (Å²) >= 11 is 0. The summed E-state index contributed by atoms with van der Waals surface area (Å²) in [6, 6.07) is 85.2. The first-order valence-electron chi connectivity index (χ1n) is 22.2.